The van der Waals surface area contributed by atoms with Gasteiger partial charge in [-0.2, -0.15) is 0 Å². The molecule has 222 valence electrons. The van der Waals surface area contributed by atoms with Crippen molar-refractivity contribution in [3.8, 4) is 11.5 Å². The minimum absolute atomic E-state index is 0.00829. The summed E-state index contributed by atoms with van der Waals surface area (Å²) in [5, 5.41) is 12.5. The number of Topliss-reactive ketones (excluding diaryl/α,β-unsaturated/α-hetero) is 1. The van der Waals surface area contributed by atoms with Crippen LogP contribution in [0.1, 0.15) is 45.0 Å². The topological polar surface area (TPSA) is 116 Å². The number of carbonyl (C=O) groups excluding carboxylic acids is 4. The number of hydrogen-bond donors (Lipinski definition) is 2. The van der Waals surface area contributed by atoms with Crippen molar-refractivity contribution in [3.63, 3.8) is 0 Å². The third kappa shape index (κ3) is 5.28. The Kier molecular flexibility index (Phi) is 6.86. The van der Waals surface area contributed by atoms with Gasteiger partial charge in [0.2, 0.25) is 5.91 Å². The number of benzene rings is 3. The van der Waals surface area contributed by atoms with Crippen LogP contribution in [0.4, 0.5) is 13.2 Å². The second kappa shape index (κ2) is 10.4. The van der Waals surface area contributed by atoms with Gasteiger partial charge in [0.1, 0.15) is 23.1 Å². The van der Waals surface area contributed by atoms with Gasteiger partial charge in [0.25, 0.3) is 11.8 Å². The van der Waals surface area contributed by atoms with Crippen LogP contribution in [0.15, 0.2) is 78.9 Å². The van der Waals surface area contributed by atoms with Crippen LogP contribution in [0.3, 0.4) is 0 Å². The van der Waals surface area contributed by atoms with Crippen molar-refractivity contribution in [2.75, 3.05) is 13.1 Å². The van der Waals surface area contributed by atoms with Crippen LogP contribution in [-0.2, 0) is 9.59 Å². The number of halogens is 3. The monoisotopic (exact) mass is 593 g/mol. The van der Waals surface area contributed by atoms with Gasteiger partial charge in [-0.05, 0) is 60.9 Å². The van der Waals surface area contributed by atoms with Crippen LogP contribution >= 0.6 is 0 Å². The van der Waals surface area contributed by atoms with Crippen LogP contribution in [0, 0.1) is 0 Å². The van der Waals surface area contributed by atoms with E-state index >= 15 is 0 Å². The highest BCUT2D eigenvalue weighted by atomic mass is 19.4. The van der Waals surface area contributed by atoms with Gasteiger partial charge < -0.3 is 25.0 Å². The number of carbonyl (C=O) groups is 4. The van der Waals surface area contributed by atoms with E-state index in [1.165, 1.54) is 34.1 Å². The molecule has 1 saturated carbocycles. The smallest absolute Gasteiger partial charge is 0.508 e. The number of nitrogens with one attached hydrogen (secondary N) is 1. The maximum atomic E-state index is 14.3. The Balaban J connectivity index is 1.28. The summed E-state index contributed by atoms with van der Waals surface area (Å²) in [6.07, 6.45) is -4.43. The summed E-state index contributed by atoms with van der Waals surface area (Å²) < 4.78 is 42.3. The fourth-order valence-corrected chi connectivity index (χ4v) is 6.23. The van der Waals surface area contributed by atoms with Crippen LogP contribution in [0.2, 0.25) is 0 Å². The number of phenols is 1. The molecule has 2 N–H and O–H groups in total. The fraction of sp³-hybridized carbons (Fsp3) is 0.290. The Morgan fingerprint density at radius 3 is 2.33 bits per heavy atom. The summed E-state index contributed by atoms with van der Waals surface area (Å²) in [6.45, 7) is 0.0207. The predicted molar refractivity (Wildman–Crippen MR) is 145 cm³/mol. The molecule has 0 bridgehead atoms. The van der Waals surface area contributed by atoms with Crippen molar-refractivity contribution in [2.45, 2.75) is 42.7 Å². The van der Waals surface area contributed by atoms with Gasteiger partial charge in [0.05, 0.1) is 12.6 Å². The van der Waals surface area contributed by atoms with E-state index in [0.717, 1.165) is 12.1 Å². The molecule has 2 heterocycles. The van der Waals surface area contributed by atoms with E-state index in [4.69, 9.17) is 0 Å². The first-order valence-electron chi connectivity index (χ1n) is 13.6. The molecule has 4 atom stereocenters. The molecule has 12 heteroatoms. The number of hydrogen-bond acceptors (Lipinski definition) is 6. The number of ether oxygens (including phenoxy) is 1. The zero-order chi connectivity index (χ0) is 30.5. The van der Waals surface area contributed by atoms with Gasteiger partial charge in [-0.25, -0.2) is 0 Å². The number of fused-ring (bicyclic) bond motifs is 1. The van der Waals surface area contributed by atoms with Gasteiger partial charge in [0.15, 0.2) is 5.78 Å². The number of aromatic hydroxyl groups is 1. The first kappa shape index (κ1) is 28.3. The Hall–Kier alpha value is -4.87. The van der Waals surface area contributed by atoms with Crippen LogP contribution < -0.4 is 10.1 Å². The molecule has 2 saturated heterocycles. The largest absolute Gasteiger partial charge is 0.573 e. The van der Waals surface area contributed by atoms with E-state index in [-0.39, 0.29) is 42.5 Å². The van der Waals surface area contributed by atoms with Crippen molar-refractivity contribution >= 4 is 23.5 Å². The highest BCUT2D eigenvalue weighted by molar-refractivity contribution is 6.06. The fourth-order valence-electron chi connectivity index (χ4n) is 6.23. The van der Waals surface area contributed by atoms with Crippen LogP contribution in [0.5, 0.6) is 11.5 Å². The summed E-state index contributed by atoms with van der Waals surface area (Å²) in [5.41, 5.74) is -0.576. The number of nitrogens with zero attached hydrogens (tertiary/aromatic N) is 2. The van der Waals surface area contributed by atoms with Gasteiger partial charge in [-0.3, -0.25) is 19.2 Å². The number of ketones is 1. The quantitative estimate of drug-likeness (QED) is 0.451. The molecule has 3 aromatic carbocycles. The van der Waals surface area contributed by atoms with Crippen LogP contribution in [-0.4, -0.2) is 75.5 Å². The normalized spacial score (nSPS) is 24.4. The third-order valence-electron chi connectivity index (χ3n) is 8.27. The van der Waals surface area contributed by atoms with E-state index < -0.39 is 47.5 Å². The number of likely N-dealkylation sites (tertiary alicyclic amines) is 2. The predicted octanol–water partition coefficient (Wildman–Crippen LogP) is 3.64. The Morgan fingerprint density at radius 2 is 1.63 bits per heavy atom. The molecule has 43 heavy (non-hydrogen) atoms. The van der Waals surface area contributed by atoms with E-state index in [1.54, 1.807) is 42.5 Å². The SMILES string of the molecule is O=C(NC1(C(=O)N2CC[C@@H]3[C@H]2C(=O)CN3C(=O)c2ccccc2)CC1c1ccc(O)cc1)c1cccc(OC(F)(F)F)c1. The number of alkyl halides is 3. The molecule has 3 fully saturated rings. The highest BCUT2D eigenvalue weighted by Crippen LogP contribution is 2.54. The van der Waals surface area contributed by atoms with Crippen molar-refractivity contribution in [3.05, 3.63) is 95.6 Å². The molecule has 2 unspecified atom stereocenters. The molecule has 9 nitrogen and oxygen atoms in total. The Morgan fingerprint density at radius 1 is 0.930 bits per heavy atom. The maximum absolute atomic E-state index is 14.3. The van der Waals surface area contributed by atoms with Crippen LogP contribution in [0.25, 0.3) is 0 Å². The summed E-state index contributed by atoms with van der Waals surface area (Å²) >= 11 is 0. The van der Waals surface area contributed by atoms with Crippen molar-refractivity contribution < 1.29 is 42.2 Å². The lowest BCUT2D eigenvalue weighted by molar-refractivity contribution is -0.274. The third-order valence-corrected chi connectivity index (χ3v) is 8.27. The lowest BCUT2D eigenvalue weighted by Gasteiger charge is -2.29. The highest BCUT2D eigenvalue weighted by Gasteiger charge is 2.65. The van der Waals surface area contributed by atoms with Gasteiger partial charge in [-0.15, -0.1) is 13.2 Å². The molecule has 2 aliphatic heterocycles. The molecule has 0 aromatic heterocycles. The standard InChI is InChI=1S/C31H26F3N3O6/c32-31(33,34)43-22-8-4-7-20(15-22)27(40)35-30(16-23(30)18-9-11-21(38)12-10-18)29(42)36-14-13-24-26(36)25(39)17-37(24)28(41)19-5-2-1-3-6-19/h1-12,15,23-24,26,38H,13-14,16-17H2,(H,35,40)/t23?,24-,26+,30?/m1/s1. The lowest BCUT2D eigenvalue weighted by atomic mass is 10.0. The minimum Gasteiger partial charge on any atom is -0.508 e. The van der Waals surface area contributed by atoms with Crippen molar-refractivity contribution in [2.24, 2.45) is 0 Å². The average molecular weight is 594 g/mol. The van der Waals surface area contributed by atoms with E-state index in [0.29, 0.717) is 17.5 Å². The van der Waals surface area contributed by atoms with Crippen molar-refractivity contribution in [1.29, 1.82) is 0 Å². The molecule has 6 rings (SSSR count). The molecular weight excluding hydrogens is 567 g/mol. The first-order valence-corrected chi connectivity index (χ1v) is 13.6. The molecule has 3 amide bonds. The zero-order valence-electron chi connectivity index (χ0n) is 22.6. The molecule has 0 radical (unpaired) electrons. The minimum atomic E-state index is -4.96. The molecule has 3 aliphatic rings. The number of rotatable bonds is 6. The second-order valence-corrected chi connectivity index (χ2v) is 10.9. The van der Waals surface area contributed by atoms with Crippen molar-refractivity contribution in [1.82, 2.24) is 15.1 Å². The number of phenolic OH excluding ortho intramolecular Hbond substituents is 1. The van der Waals surface area contributed by atoms with Gasteiger partial charge in [-0.1, -0.05) is 36.4 Å². The molecule has 0 spiro atoms. The number of amides is 3. The maximum Gasteiger partial charge on any atom is 0.573 e. The Bertz CT molecular complexity index is 1600. The summed E-state index contributed by atoms with van der Waals surface area (Å²) in [4.78, 5) is 57.0. The van der Waals surface area contributed by atoms with E-state index in [1.807, 2.05) is 0 Å². The Labute approximate surface area is 243 Å². The summed E-state index contributed by atoms with van der Waals surface area (Å²) in [5.74, 6) is -3.03. The zero-order valence-corrected chi connectivity index (χ0v) is 22.6. The lowest BCUT2D eigenvalue weighted by Crippen LogP contribution is -2.55. The summed E-state index contributed by atoms with van der Waals surface area (Å²) in [7, 11) is 0. The second-order valence-electron chi connectivity index (χ2n) is 10.9. The average Bonchev–Trinajstić information content (AvgIpc) is 3.37. The van der Waals surface area contributed by atoms with E-state index in [2.05, 4.69) is 10.1 Å². The van der Waals surface area contributed by atoms with Gasteiger partial charge >= 0.3 is 6.36 Å². The molecule has 3 aromatic rings. The molecule has 1 aliphatic carbocycles. The first-order chi connectivity index (χ1) is 20.5. The molecular formula is C31H26F3N3O6. The van der Waals surface area contributed by atoms with E-state index in [9.17, 15) is 37.5 Å². The summed E-state index contributed by atoms with van der Waals surface area (Å²) in [6, 6.07) is 17.8. The van der Waals surface area contributed by atoms with Gasteiger partial charge in [0, 0.05) is 23.6 Å².